The molecule has 0 atom stereocenters. The van der Waals surface area contributed by atoms with Crippen LogP contribution in [-0.4, -0.2) is 22.2 Å². The second kappa shape index (κ2) is 12.3. The SMILES string of the molecule is [2H]C([2H])([2H])N1[C]2=[Pt]=[C]3N(c4cccc(c4)N(c4c(-c5ccccc5)cccc4-c4ccccc4)c4cccc(c4)N2c2ccccc21)c1ccccc1N3C([2H])([2H])[2H]. The molecule has 10 rings (SSSR count). The molecule has 3 heterocycles. The molecule has 4 bridgehead atoms. The molecule has 7 aromatic carbocycles. The van der Waals surface area contributed by atoms with Crippen LogP contribution >= 0.6 is 0 Å². The Labute approximate surface area is 320 Å². The molecule has 7 aromatic rings. The zero-order valence-corrected chi connectivity index (χ0v) is 30.1. The molecule has 0 amide bonds. The molecule has 0 radical (unpaired) electrons. The Morgan fingerprint density at radius 3 is 1.21 bits per heavy atom. The van der Waals surface area contributed by atoms with E-state index in [1.54, 1.807) is 0 Å². The van der Waals surface area contributed by atoms with Gasteiger partial charge in [-0.2, -0.15) is 0 Å². The summed E-state index contributed by atoms with van der Waals surface area (Å²) in [5.41, 5.74) is 10.9. The van der Waals surface area contributed by atoms with E-state index in [2.05, 4.69) is 71.6 Å². The third-order valence-electron chi connectivity index (χ3n) is 9.67. The standard InChI is InChI=1S/C46H35N5.Pt/c1-47-32-49(44-28-11-9-26-42(44)47)36-20-13-22-38(30-36)51(39-23-14-21-37(31-39)50-33-48(2)43-27-10-12-29-45(43)50)46-40(34-16-5-3-6-17-34)24-15-25-41(46)35-18-7-4-8-19-35;/h3-31H,1-2H3;/i1D3,2D3;. The van der Waals surface area contributed by atoms with Gasteiger partial charge in [-0.05, 0) is 0 Å². The molecule has 254 valence electrons. The van der Waals surface area contributed by atoms with Crippen molar-refractivity contribution in [2.45, 2.75) is 0 Å². The molecule has 0 saturated carbocycles. The summed E-state index contributed by atoms with van der Waals surface area (Å²) in [6.45, 7) is -5.14. The van der Waals surface area contributed by atoms with Crippen LogP contribution < -0.4 is 24.5 Å². The van der Waals surface area contributed by atoms with Crippen molar-refractivity contribution in [3.8, 4) is 22.3 Å². The second-order valence-corrected chi connectivity index (χ2v) is 15.3. The van der Waals surface area contributed by atoms with E-state index in [1.165, 1.54) is 9.80 Å². The summed E-state index contributed by atoms with van der Waals surface area (Å²) in [4.78, 5) is 9.21. The molecule has 0 aromatic heterocycles. The zero-order valence-electron chi connectivity index (χ0n) is 33.8. The van der Waals surface area contributed by atoms with Gasteiger partial charge in [0, 0.05) is 0 Å². The summed E-state index contributed by atoms with van der Waals surface area (Å²) >= 11 is -1.55. The molecule has 0 saturated heterocycles. The van der Waals surface area contributed by atoms with E-state index < -0.39 is 31.6 Å². The zero-order chi connectivity index (χ0) is 39.8. The Kier molecular flexibility index (Phi) is 5.93. The van der Waals surface area contributed by atoms with Crippen molar-refractivity contribution >= 4 is 59.5 Å². The van der Waals surface area contributed by atoms with Gasteiger partial charge in [0.1, 0.15) is 0 Å². The van der Waals surface area contributed by atoms with Gasteiger partial charge >= 0.3 is 322 Å². The van der Waals surface area contributed by atoms with Crippen molar-refractivity contribution in [2.24, 2.45) is 0 Å². The molecule has 5 nitrogen and oxygen atoms in total. The topological polar surface area (TPSA) is 16.2 Å². The van der Waals surface area contributed by atoms with Crippen molar-refractivity contribution in [1.29, 1.82) is 0 Å². The Hall–Kier alpha value is -6.03. The molecule has 52 heavy (non-hydrogen) atoms. The molecule has 0 unspecified atom stereocenters. The normalized spacial score (nSPS) is 16.7. The first kappa shape index (κ1) is 25.0. The summed E-state index contributed by atoms with van der Waals surface area (Å²) < 4.78 is 54.5. The van der Waals surface area contributed by atoms with Gasteiger partial charge in [-0.3, -0.25) is 0 Å². The van der Waals surface area contributed by atoms with E-state index in [0.717, 1.165) is 50.7 Å². The van der Waals surface area contributed by atoms with E-state index in [-0.39, 0.29) is 0 Å². The van der Waals surface area contributed by atoms with Gasteiger partial charge in [-0.15, -0.1) is 0 Å². The van der Waals surface area contributed by atoms with Crippen LogP contribution in [-0.2, 0) is 17.6 Å². The average Bonchev–Trinajstić information content (AvgIpc) is 3.74. The van der Waals surface area contributed by atoms with Crippen LogP contribution in [0.2, 0.25) is 0 Å². The maximum atomic E-state index is 8.91. The third-order valence-corrected chi connectivity index (χ3v) is 12.7. The molecular weight excluding hydrogens is 818 g/mol. The maximum absolute atomic E-state index is 8.91. The first-order valence-electron chi connectivity index (χ1n) is 20.0. The molecule has 0 fully saturated rings. The molecule has 3 aliphatic heterocycles. The number of hydrogen-bond acceptors (Lipinski definition) is 5. The summed E-state index contributed by atoms with van der Waals surface area (Å²) in [5, 5.41) is 0. The fourth-order valence-corrected chi connectivity index (χ4v) is 10.5. The van der Waals surface area contributed by atoms with Crippen LogP contribution in [0.25, 0.3) is 22.3 Å². The van der Waals surface area contributed by atoms with Crippen molar-refractivity contribution in [2.75, 3.05) is 38.5 Å². The van der Waals surface area contributed by atoms with Gasteiger partial charge in [0.15, 0.2) is 0 Å². The average molecular weight is 859 g/mol. The summed E-state index contributed by atoms with van der Waals surface area (Å²) in [6.07, 6.45) is 0. The first-order chi connectivity index (χ1) is 28.1. The van der Waals surface area contributed by atoms with Crippen molar-refractivity contribution < 1.29 is 25.9 Å². The predicted octanol–water partition coefficient (Wildman–Crippen LogP) is 10.9. The van der Waals surface area contributed by atoms with Crippen LogP contribution in [0, 0.1) is 0 Å². The van der Waals surface area contributed by atoms with Crippen molar-refractivity contribution in [3.63, 3.8) is 0 Å². The summed E-state index contributed by atoms with van der Waals surface area (Å²) in [7, 11) is 0. The van der Waals surface area contributed by atoms with Crippen LogP contribution in [0.15, 0.2) is 176 Å². The quantitative estimate of drug-likeness (QED) is 0.175. The Morgan fingerprint density at radius 2 is 0.769 bits per heavy atom. The number of rotatable bonds is 3. The Bertz CT molecular complexity index is 2620. The Balaban J connectivity index is 1.36. The Morgan fingerprint density at radius 1 is 0.385 bits per heavy atom. The fraction of sp³-hybridized carbons (Fsp3) is 0.0435. The van der Waals surface area contributed by atoms with E-state index >= 15 is 0 Å². The number of nitrogens with zero attached hydrogens (tertiary/aromatic N) is 5. The van der Waals surface area contributed by atoms with Gasteiger partial charge < -0.3 is 0 Å². The van der Waals surface area contributed by atoms with E-state index in [1.807, 2.05) is 119 Å². The number of hydrogen-bond donors (Lipinski definition) is 0. The van der Waals surface area contributed by atoms with E-state index in [4.69, 9.17) is 8.22 Å². The molecule has 3 aliphatic rings. The van der Waals surface area contributed by atoms with Gasteiger partial charge in [-0.1, -0.05) is 0 Å². The van der Waals surface area contributed by atoms with Crippen LogP contribution in [0.5, 0.6) is 0 Å². The van der Waals surface area contributed by atoms with Crippen molar-refractivity contribution in [3.05, 3.63) is 176 Å². The van der Waals surface area contributed by atoms with Crippen LogP contribution in [0.4, 0.5) is 51.2 Å². The number of fused-ring (bicyclic) bond motifs is 12. The van der Waals surface area contributed by atoms with Crippen molar-refractivity contribution in [1.82, 2.24) is 0 Å². The minimum atomic E-state index is -2.57. The number of benzene rings is 7. The van der Waals surface area contributed by atoms with Crippen LogP contribution in [0.1, 0.15) is 8.22 Å². The van der Waals surface area contributed by atoms with Gasteiger partial charge in [0.25, 0.3) is 0 Å². The van der Waals surface area contributed by atoms with E-state index in [9.17, 15) is 0 Å². The summed E-state index contributed by atoms with van der Waals surface area (Å²) in [6, 6.07) is 58.6. The number of anilines is 9. The third kappa shape index (κ3) is 4.81. The summed E-state index contributed by atoms with van der Waals surface area (Å²) in [5.74, 6) is 0. The van der Waals surface area contributed by atoms with Gasteiger partial charge in [0.05, 0.1) is 0 Å². The fourth-order valence-electron chi connectivity index (χ4n) is 7.37. The monoisotopic (exact) mass is 858 g/mol. The molecule has 6 heteroatoms. The molecule has 0 aliphatic carbocycles. The first-order valence-corrected chi connectivity index (χ1v) is 19.3. The van der Waals surface area contributed by atoms with Gasteiger partial charge in [0.2, 0.25) is 0 Å². The molecule has 0 N–H and O–H groups in total. The van der Waals surface area contributed by atoms with Crippen LogP contribution in [0.3, 0.4) is 0 Å². The second-order valence-electron chi connectivity index (χ2n) is 12.7. The minimum absolute atomic E-state index is 0.526. The predicted molar refractivity (Wildman–Crippen MR) is 216 cm³/mol. The number of para-hydroxylation sites is 5. The van der Waals surface area contributed by atoms with E-state index in [0.29, 0.717) is 31.0 Å². The molecule has 0 spiro atoms. The molecular formula is C46H35N5Pt. The van der Waals surface area contributed by atoms with Gasteiger partial charge in [-0.25, -0.2) is 0 Å².